The van der Waals surface area contributed by atoms with Gasteiger partial charge in [0.1, 0.15) is 0 Å². The largest absolute Gasteiger partial charge is 0.404 e. The van der Waals surface area contributed by atoms with E-state index >= 15 is 0 Å². The fraction of sp³-hybridized carbons (Fsp3) is 0.0500. The number of amides is 1. The third-order valence-electron chi connectivity index (χ3n) is 4.15. The van der Waals surface area contributed by atoms with Crippen molar-refractivity contribution in [2.75, 3.05) is 5.32 Å². The molecule has 0 aliphatic carbocycles. The Morgan fingerprint density at radius 1 is 1.30 bits per heavy atom. The number of nitrogens with zero attached hydrogens (tertiary/aromatic N) is 2. The molecule has 0 fully saturated rings. The molecule has 0 atom stereocenters. The number of carbonyl (C=O) groups is 1. The molecule has 0 unspecified atom stereocenters. The van der Waals surface area contributed by atoms with E-state index in [9.17, 15) is 4.79 Å². The second-order valence-electron chi connectivity index (χ2n) is 5.79. The van der Waals surface area contributed by atoms with Gasteiger partial charge in [0.2, 0.25) is 5.91 Å². The van der Waals surface area contributed by atoms with Gasteiger partial charge in [0, 0.05) is 64.8 Å². The van der Waals surface area contributed by atoms with Crippen LogP contribution >= 0.6 is 0 Å². The lowest BCUT2D eigenvalue weighted by molar-refractivity contribution is -0.111. The molecule has 3 rings (SSSR count). The zero-order chi connectivity index (χ0) is 19.2. The summed E-state index contributed by atoms with van der Waals surface area (Å²) in [6.07, 6.45) is 10.7. The molecule has 0 radical (unpaired) electrons. The molecule has 136 valence electrons. The van der Waals surface area contributed by atoms with Crippen LogP contribution < -0.4 is 16.8 Å². The van der Waals surface area contributed by atoms with Crippen LogP contribution in [-0.2, 0) is 11.5 Å². The van der Waals surface area contributed by atoms with Crippen LogP contribution in [0.2, 0.25) is 0 Å². The minimum Gasteiger partial charge on any atom is -0.404 e. The monoisotopic (exact) mass is 360 g/mol. The second-order valence-corrected chi connectivity index (χ2v) is 5.79. The molecule has 1 amide bonds. The number of hydrogen-bond acceptors (Lipinski definition) is 5. The second kappa shape index (κ2) is 8.11. The average molecular weight is 360 g/mol. The predicted octanol–water partition coefficient (Wildman–Crippen LogP) is 2.55. The van der Waals surface area contributed by atoms with Crippen molar-refractivity contribution in [1.29, 1.82) is 5.41 Å². The Balaban J connectivity index is 1.77. The lowest BCUT2D eigenvalue weighted by atomic mass is 10.0. The fourth-order valence-corrected chi connectivity index (χ4v) is 2.80. The number of carbonyl (C=O) groups excluding carboxylic acids is 1. The number of rotatable bonds is 6. The highest BCUT2D eigenvalue weighted by Gasteiger charge is 2.06. The Morgan fingerprint density at radius 2 is 2.15 bits per heavy atom. The highest BCUT2D eigenvalue weighted by Crippen LogP contribution is 2.21. The van der Waals surface area contributed by atoms with Crippen molar-refractivity contribution < 1.29 is 4.79 Å². The Hall–Kier alpha value is -3.71. The zero-order valence-electron chi connectivity index (χ0n) is 14.6. The number of hydrogen-bond donors (Lipinski definition) is 4. The average Bonchev–Trinajstić information content (AvgIpc) is 3.10. The Labute approximate surface area is 156 Å². The number of aromatic nitrogens is 2. The van der Waals surface area contributed by atoms with Crippen LogP contribution in [0, 0.1) is 5.41 Å². The Bertz CT molecular complexity index is 1050. The topological polar surface area (TPSA) is 123 Å². The van der Waals surface area contributed by atoms with Crippen LogP contribution in [0.5, 0.6) is 0 Å². The van der Waals surface area contributed by atoms with E-state index in [1.807, 2.05) is 35.0 Å². The fourth-order valence-electron chi connectivity index (χ4n) is 2.80. The van der Waals surface area contributed by atoms with E-state index < -0.39 is 0 Å². The third-order valence-corrected chi connectivity index (χ3v) is 4.15. The molecule has 0 aliphatic heterocycles. The molecular formula is C20H20N6O. The van der Waals surface area contributed by atoms with E-state index in [-0.39, 0.29) is 5.91 Å². The van der Waals surface area contributed by atoms with Crippen molar-refractivity contribution in [1.82, 2.24) is 9.55 Å². The summed E-state index contributed by atoms with van der Waals surface area (Å²) in [6.45, 7) is 0.403. The molecule has 1 aromatic carbocycles. The lowest BCUT2D eigenvalue weighted by Gasteiger charge is -2.06. The van der Waals surface area contributed by atoms with E-state index in [1.165, 1.54) is 12.3 Å². The van der Waals surface area contributed by atoms with Crippen LogP contribution in [0.3, 0.4) is 0 Å². The van der Waals surface area contributed by atoms with Gasteiger partial charge in [0.25, 0.3) is 0 Å². The Kier molecular flexibility index (Phi) is 5.44. The van der Waals surface area contributed by atoms with Gasteiger partial charge >= 0.3 is 0 Å². The van der Waals surface area contributed by atoms with Crippen molar-refractivity contribution in [3.63, 3.8) is 0 Å². The molecule has 0 bridgehead atoms. The number of fused-ring (bicyclic) bond motifs is 1. The van der Waals surface area contributed by atoms with Gasteiger partial charge in [-0.2, -0.15) is 0 Å². The van der Waals surface area contributed by atoms with Gasteiger partial charge in [-0.25, -0.2) is 0 Å². The molecule has 0 saturated carbocycles. The molecule has 0 saturated heterocycles. The standard InChI is InChI=1S/C20H20N6O/c21-10-16(11-22)18-5-7-24-12-15(18)1-4-20(27)25-17-2-3-19-14(9-17)6-8-26(19)13-23/h1-12,21H,13,22-23H2,(H,25,27)/b4-1+,16-11?,21-10?. The van der Waals surface area contributed by atoms with Gasteiger partial charge in [-0.05, 0) is 42.0 Å². The van der Waals surface area contributed by atoms with Crippen LogP contribution in [0.25, 0.3) is 22.6 Å². The smallest absolute Gasteiger partial charge is 0.248 e. The summed E-state index contributed by atoms with van der Waals surface area (Å²) in [5.41, 5.74) is 14.9. The van der Waals surface area contributed by atoms with Gasteiger partial charge in [0.05, 0.1) is 6.67 Å². The van der Waals surface area contributed by atoms with Crippen LogP contribution in [-0.4, -0.2) is 21.7 Å². The Morgan fingerprint density at radius 3 is 2.89 bits per heavy atom. The molecule has 0 spiro atoms. The number of allylic oxidation sites excluding steroid dienone is 1. The normalized spacial score (nSPS) is 11.8. The summed E-state index contributed by atoms with van der Waals surface area (Å²) in [7, 11) is 0. The summed E-state index contributed by atoms with van der Waals surface area (Å²) in [4.78, 5) is 16.3. The van der Waals surface area contributed by atoms with E-state index in [0.717, 1.165) is 22.7 Å². The molecule has 6 N–H and O–H groups in total. The minimum atomic E-state index is -0.268. The van der Waals surface area contributed by atoms with Crippen LogP contribution in [0.4, 0.5) is 5.69 Å². The number of pyridine rings is 1. The first-order chi connectivity index (χ1) is 13.2. The van der Waals surface area contributed by atoms with Gasteiger partial charge < -0.3 is 26.8 Å². The summed E-state index contributed by atoms with van der Waals surface area (Å²) in [5.74, 6) is -0.268. The quantitative estimate of drug-likeness (QED) is 0.398. The van der Waals surface area contributed by atoms with Crippen molar-refractivity contribution in [3.8, 4) is 0 Å². The third kappa shape index (κ3) is 3.94. The molecule has 3 aromatic rings. The minimum absolute atomic E-state index is 0.268. The molecule has 2 heterocycles. The van der Waals surface area contributed by atoms with Crippen LogP contribution in [0.1, 0.15) is 11.1 Å². The van der Waals surface area contributed by atoms with E-state index in [2.05, 4.69) is 10.3 Å². The zero-order valence-corrected chi connectivity index (χ0v) is 14.6. The summed E-state index contributed by atoms with van der Waals surface area (Å²) >= 11 is 0. The number of anilines is 1. The van der Waals surface area contributed by atoms with Crippen molar-refractivity contribution in [3.05, 3.63) is 72.3 Å². The molecule has 2 aromatic heterocycles. The van der Waals surface area contributed by atoms with E-state index in [0.29, 0.717) is 23.5 Å². The van der Waals surface area contributed by atoms with Gasteiger partial charge in [-0.3, -0.25) is 9.78 Å². The van der Waals surface area contributed by atoms with Crippen molar-refractivity contribution in [2.24, 2.45) is 11.5 Å². The van der Waals surface area contributed by atoms with Crippen LogP contribution in [0.15, 0.2) is 61.2 Å². The summed E-state index contributed by atoms with van der Waals surface area (Å²) in [6, 6.07) is 9.35. The van der Waals surface area contributed by atoms with Crippen molar-refractivity contribution >= 4 is 40.4 Å². The highest BCUT2D eigenvalue weighted by atomic mass is 16.1. The highest BCUT2D eigenvalue weighted by molar-refractivity contribution is 6.10. The number of benzene rings is 1. The number of nitrogens with one attached hydrogen (secondary N) is 2. The maximum Gasteiger partial charge on any atom is 0.248 e. The first kappa shape index (κ1) is 18.1. The van der Waals surface area contributed by atoms with Gasteiger partial charge in [-0.1, -0.05) is 0 Å². The molecule has 0 aliphatic rings. The van der Waals surface area contributed by atoms with Crippen molar-refractivity contribution in [2.45, 2.75) is 6.67 Å². The summed E-state index contributed by atoms with van der Waals surface area (Å²) < 4.78 is 1.93. The van der Waals surface area contributed by atoms with Gasteiger partial charge in [0.15, 0.2) is 0 Å². The first-order valence-electron chi connectivity index (χ1n) is 8.31. The molecular weight excluding hydrogens is 340 g/mol. The lowest BCUT2D eigenvalue weighted by Crippen LogP contribution is -2.08. The maximum absolute atomic E-state index is 12.3. The van der Waals surface area contributed by atoms with E-state index in [1.54, 1.807) is 24.5 Å². The molecule has 27 heavy (non-hydrogen) atoms. The predicted molar refractivity (Wildman–Crippen MR) is 109 cm³/mol. The first-order valence-corrected chi connectivity index (χ1v) is 8.31. The molecule has 7 heteroatoms. The molecule has 7 nitrogen and oxygen atoms in total. The van der Waals surface area contributed by atoms with Gasteiger partial charge in [-0.15, -0.1) is 0 Å². The summed E-state index contributed by atoms with van der Waals surface area (Å²) in [5, 5.41) is 11.3. The van der Waals surface area contributed by atoms with E-state index in [4.69, 9.17) is 16.9 Å². The SMILES string of the molecule is N=CC(=CN)c1ccncc1/C=C/C(=O)Nc1ccc2c(ccn2CN)c1. The maximum atomic E-state index is 12.3. The number of nitrogens with two attached hydrogens (primary N) is 2.